The summed E-state index contributed by atoms with van der Waals surface area (Å²) in [7, 11) is -3.72. The van der Waals surface area contributed by atoms with E-state index in [1.54, 1.807) is 31.2 Å². The van der Waals surface area contributed by atoms with Crippen molar-refractivity contribution in [1.29, 1.82) is 0 Å². The number of sulfonamides is 1. The van der Waals surface area contributed by atoms with Crippen LogP contribution >= 0.6 is 11.6 Å². The molecular formula is C22H25ClN2O3S. The van der Waals surface area contributed by atoms with Crippen molar-refractivity contribution in [3.05, 3.63) is 58.1 Å². The lowest BCUT2D eigenvalue weighted by atomic mass is 9.87. The first kappa shape index (κ1) is 20.2. The highest BCUT2D eigenvalue weighted by atomic mass is 35.5. The van der Waals surface area contributed by atoms with Crippen LogP contribution in [0, 0.1) is 0 Å². The van der Waals surface area contributed by atoms with Crippen molar-refractivity contribution in [1.82, 2.24) is 4.90 Å². The van der Waals surface area contributed by atoms with Gasteiger partial charge in [0.05, 0.1) is 10.6 Å². The van der Waals surface area contributed by atoms with Crippen LogP contribution < -0.4 is 4.31 Å². The molecule has 2 aliphatic rings. The molecule has 2 heterocycles. The van der Waals surface area contributed by atoms with Gasteiger partial charge in [0.25, 0.3) is 10.0 Å². The van der Waals surface area contributed by atoms with E-state index in [4.69, 9.17) is 11.6 Å². The number of rotatable bonds is 2. The minimum atomic E-state index is -3.72. The Labute approximate surface area is 177 Å². The summed E-state index contributed by atoms with van der Waals surface area (Å²) >= 11 is 6.41. The number of halogens is 1. The number of nitrogens with zero attached hydrogens (tertiary/aromatic N) is 2. The molecule has 0 saturated heterocycles. The van der Waals surface area contributed by atoms with Crippen molar-refractivity contribution in [3.63, 3.8) is 0 Å². The molecule has 0 aliphatic carbocycles. The van der Waals surface area contributed by atoms with E-state index in [1.807, 2.05) is 30.9 Å². The highest BCUT2D eigenvalue weighted by Crippen LogP contribution is 2.46. The number of fused-ring (bicyclic) bond motifs is 2. The molecule has 4 rings (SSSR count). The Bertz CT molecular complexity index is 1100. The molecule has 0 saturated carbocycles. The van der Waals surface area contributed by atoms with Gasteiger partial charge < -0.3 is 4.90 Å². The molecule has 5 nitrogen and oxygen atoms in total. The maximum atomic E-state index is 13.6. The van der Waals surface area contributed by atoms with Crippen LogP contribution in [0.4, 0.5) is 5.69 Å². The fraction of sp³-hybridized carbons (Fsp3) is 0.409. The summed E-state index contributed by atoms with van der Waals surface area (Å²) in [6.45, 7) is 7.23. The number of carbonyl (C=O) groups excluding carboxylic acids is 1. The highest BCUT2D eigenvalue weighted by Gasteiger charge is 2.42. The summed E-state index contributed by atoms with van der Waals surface area (Å²) < 4.78 is 28.6. The van der Waals surface area contributed by atoms with Crippen molar-refractivity contribution < 1.29 is 13.2 Å². The summed E-state index contributed by atoms with van der Waals surface area (Å²) in [5, 5.41) is 0.594. The van der Waals surface area contributed by atoms with Gasteiger partial charge in [0.2, 0.25) is 5.91 Å². The van der Waals surface area contributed by atoms with Crippen LogP contribution in [0.2, 0.25) is 5.02 Å². The van der Waals surface area contributed by atoms with Crippen molar-refractivity contribution in [2.75, 3.05) is 23.9 Å². The average Bonchev–Trinajstić information content (AvgIpc) is 2.81. The Kier molecular flexibility index (Phi) is 4.90. The van der Waals surface area contributed by atoms with Gasteiger partial charge in [-0.1, -0.05) is 37.6 Å². The Morgan fingerprint density at radius 3 is 2.45 bits per heavy atom. The van der Waals surface area contributed by atoms with E-state index in [9.17, 15) is 13.2 Å². The maximum absolute atomic E-state index is 13.6. The zero-order valence-corrected chi connectivity index (χ0v) is 18.5. The Hall–Kier alpha value is -2.05. The van der Waals surface area contributed by atoms with Crippen LogP contribution in [-0.2, 0) is 33.1 Å². The van der Waals surface area contributed by atoms with Crippen LogP contribution in [0.15, 0.2) is 41.3 Å². The van der Waals surface area contributed by atoms with Gasteiger partial charge in [-0.3, -0.25) is 9.10 Å². The summed E-state index contributed by atoms with van der Waals surface area (Å²) in [4.78, 5) is 13.8. The first-order valence-corrected chi connectivity index (χ1v) is 11.6. The second kappa shape index (κ2) is 7.03. The topological polar surface area (TPSA) is 57.7 Å². The zero-order valence-electron chi connectivity index (χ0n) is 16.9. The molecule has 2 aromatic rings. The quantitative estimate of drug-likeness (QED) is 0.725. The SMILES string of the molecule is CC(=O)N1CCc2ccc(S(=O)(=O)N3CC(C)(C)c4c(Cl)cccc43)cc2CC1. The van der Waals surface area contributed by atoms with Gasteiger partial charge in [-0.15, -0.1) is 0 Å². The summed E-state index contributed by atoms with van der Waals surface area (Å²) in [5.74, 6) is 0.0541. The van der Waals surface area contributed by atoms with Gasteiger partial charge in [0, 0.05) is 42.6 Å². The monoisotopic (exact) mass is 432 g/mol. The third kappa shape index (κ3) is 3.42. The molecule has 7 heteroatoms. The maximum Gasteiger partial charge on any atom is 0.264 e. The number of hydrogen-bond donors (Lipinski definition) is 0. The second-order valence-electron chi connectivity index (χ2n) is 8.47. The third-order valence-electron chi connectivity index (χ3n) is 5.99. The van der Waals surface area contributed by atoms with Gasteiger partial charge in [-0.25, -0.2) is 8.42 Å². The summed E-state index contributed by atoms with van der Waals surface area (Å²) in [6, 6.07) is 10.8. The van der Waals surface area contributed by atoms with Gasteiger partial charge in [0.15, 0.2) is 0 Å². The molecule has 0 N–H and O–H groups in total. The predicted molar refractivity (Wildman–Crippen MR) is 115 cm³/mol. The molecular weight excluding hydrogens is 408 g/mol. The Morgan fingerprint density at radius 2 is 1.76 bits per heavy atom. The van der Waals surface area contributed by atoms with E-state index in [1.165, 1.54) is 4.31 Å². The van der Waals surface area contributed by atoms with Crippen LogP contribution in [-0.4, -0.2) is 38.9 Å². The molecule has 0 bridgehead atoms. The first-order valence-electron chi connectivity index (χ1n) is 9.80. The lowest BCUT2D eigenvalue weighted by molar-refractivity contribution is -0.128. The number of carbonyl (C=O) groups is 1. The molecule has 0 aromatic heterocycles. The molecule has 1 amide bonds. The summed E-state index contributed by atoms with van der Waals surface area (Å²) in [5.41, 5.74) is 3.27. The number of anilines is 1. The molecule has 0 atom stereocenters. The molecule has 0 spiro atoms. The minimum Gasteiger partial charge on any atom is -0.342 e. The molecule has 0 unspecified atom stereocenters. The van der Waals surface area contributed by atoms with Gasteiger partial charge in [0.1, 0.15) is 0 Å². The van der Waals surface area contributed by atoms with E-state index < -0.39 is 10.0 Å². The fourth-order valence-corrected chi connectivity index (χ4v) is 6.55. The van der Waals surface area contributed by atoms with Gasteiger partial charge >= 0.3 is 0 Å². The molecule has 0 radical (unpaired) electrons. The molecule has 2 aliphatic heterocycles. The lowest BCUT2D eigenvalue weighted by Gasteiger charge is -2.23. The van der Waals surface area contributed by atoms with E-state index in [0.29, 0.717) is 36.8 Å². The van der Waals surface area contributed by atoms with Crippen LogP contribution in [0.1, 0.15) is 37.5 Å². The number of benzene rings is 2. The van der Waals surface area contributed by atoms with E-state index in [2.05, 4.69) is 0 Å². The first-order chi connectivity index (χ1) is 13.6. The van der Waals surface area contributed by atoms with E-state index in [-0.39, 0.29) is 16.2 Å². The molecule has 0 fully saturated rings. The van der Waals surface area contributed by atoms with Gasteiger partial charge in [-0.05, 0) is 48.2 Å². The van der Waals surface area contributed by atoms with Crippen molar-refractivity contribution in [3.8, 4) is 0 Å². The summed E-state index contributed by atoms with van der Waals surface area (Å²) in [6.07, 6.45) is 1.40. The number of hydrogen-bond acceptors (Lipinski definition) is 3. The normalized spacial score (nSPS) is 18.2. The molecule has 2 aromatic carbocycles. The smallest absolute Gasteiger partial charge is 0.264 e. The highest BCUT2D eigenvalue weighted by molar-refractivity contribution is 7.92. The zero-order chi connectivity index (χ0) is 21.0. The lowest BCUT2D eigenvalue weighted by Crippen LogP contribution is -2.34. The molecule has 29 heavy (non-hydrogen) atoms. The van der Waals surface area contributed by atoms with Crippen molar-refractivity contribution in [2.45, 2.75) is 43.9 Å². The van der Waals surface area contributed by atoms with Crippen LogP contribution in [0.25, 0.3) is 0 Å². The molecule has 154 valence electrons. The Balaban J connectivity index is 1.72. The van der Waals surface area contributed by atoms with E-state index in [0.717, 1.165) is 23.1 Å². The second-order valence-corrected chi connectivity index (χ2v) is 10.7. The van der Waals surface area contributed by atoms with E-state index >= 15 is 0 Å². The number of amides is 1. The standard InChI is InChI=1S/C22H25ClN2O3S/c1-15(26)24-11-9-16-7-8-18(13-17(16)10-12-24)29(27,28)25-14-22(2,3)21-19(23)5-4-6-20(21)25/h4-8,13H,9-12,14H2,1-3H3. The van der Waals surface area contributed by atoms with Crippen molar-refractivity contribution in [2.24, 2.45) is 0 Å². The predicted octanol–water partition coefficient (Wildman–Crippen LogP) is 3.77. The third-order valence-corrected chi connectivity index (χ3v) is 8.06. The Morgan fingerprint density at radius 1 is 1.07 bits per heavy atom. The van der Waals surface area contributed by atoms with Gasteiger partial charge in [-0.2, -0.15) is 0 Å². The average molecular weight is 433 g/mol. The van der Waals surface area contributed by atoms with Crippen molar-refractivity contribution >= 4 is 33.2 Å². The largest absolute Gasteiger partial charge is 0.342 e. The fourth-order valence-electron chi connectivity index (χ4n) is 4.43. The minimum absolute atomic E-state index is 0.0541. The van der Waals surface area contributed by atoms with Crippen LogP contribution in [0.5, 0.6) is 0 Å². The van der Waals surface area contributed by atoms with Crippen LogP contribution in [0.3, 0.4) is 0 Å².